The van der Waals surface area contributed by atoms with Gasteiger partial charge in [0, 0.05) is 24.8 Å². The van der Waals surface area contributed by atoms with E-state index in [9.17, 15) is 4.79 Å². The second kappa shape index (κ2) is 7.21. The summed E-state index contributed by atoms with van der Waals surface area (Å²) in [5.74, 6) is 0.844. The summed E-state index contributed by atoms with van der Waals surface area (Å²) in [6.07, 6.45) is 4.81. The van der Waals surface area contributed by atoms with Gasteiger partial charge in [-0.15, -0.1) is 0 Å². The lowest BCUT2D eigenvalue weighted by molar-refractivity contribution is 0.186. The summed E-state index contributed by atoms with van der Waals surface area (Å²) in [4.78, 5) is 17.1. The van der Waals surface area contributed by atoms with E-state index in [1.54, 1.807) is 7.11 Å². The molecule has 0 spiro atoms. The molecule has 1 atom stereocenters. The van der Waals surface area contributed by atoms with Crippen molar-refractivity contribution < 1.29 is 9.53 Å². The number of methoxy groups -OCH3 is 1. The first-order chi connectivity index (χ1) is 11.2. The molecule has 5 nitrogen and oxygen atoms in total. The predicted molar refractivity (Wildman–Crippen MR) is 92.2 cm³/mol. The summed E-state index contributed by atoms with van der Waals surface area (Å²) >= 11 is 0. The lowest BCUT2D eigenvalue weighted by Crippen LogP contribution is -2.44. The molecule has 2 aliphatic rings. The number of carbonyl (C=O) groups excluding carboxylic acids is 1. The van der Waals surface area contributed by atoms with Crippen LogP contribution < -0.4 is 10.1 Å². The highest BCUT2D eigenvalue weighted by Gasteiger charge is 2.30. The van der Waals surface area contributed by atoms with Gasteiger partial charge in [-0.25, -0.2) is 4.79 Å². The van der Waals surface area contributed by atoms with Crippen LogP contribution in [0.3, 0.4) is 0 Å². The summed E-state index contributed by atoms with van der Waals surface area (Å²) in [5.41, 5.74) is 1.86. The van der Waals surface area contributed by atoms with Gasteiger partial charge in [-0.1, -0.05) is 0 Å². The number of rotatable bonds is 4. The third kappa shape index (κ3) is 3.78. The van der Waals surface area contributed by atoms with Gasteiger partial charge >= 0.3 is 6.03 Å². The van der Waals surface area contributed by atoms with Gasteiger partial charge < -0.3 is 19.9 Å². The van der Waals surface area contributed by atoms with Gasteiger partial charge in [0.25, 0.3) is 0 Å². The van der Waals surface area contributed by atoms with Crippen molar-refractivity contribution in [2.45, 2.75) is 38.6 Å². The third-order valence-electron chi connectivity index (χ3n) is 4.95. The zero-order chi connectivity index (χ0) is 16.2. The fourth-order valence-corrected chi connectivity index (χ4v) is 3.71. The van der Waals surface area contributed by atoms with Crippen LogP contribution in [0.5, 0.6) is 5.75 Å². The van der Waals surface area contributed by atoms with Gasteiger partial charge in [0.1, 0.15) is 5.75 Å². The van der Waals surface area contributed by atoms with Gasteiger partial charge in [0.15, 0.2) is 0 Å². The average molecular weight is 317 g/mol. The largest absolute Gasteiger partial charge is 0.496 e. The number of hydrogen-bond donors (Lipinski definition) is 1. The van der Waals surface area contributed by atoms with Gasteiger partial charge in [0.05, 0.1) is 7.11 Å². The molecule has 2 fully saturated rings. The number of ether oxygens (including phenoxy) is 1. The number of urea groups is 1. The number of nitrogens with zero attached hydrogens (tertiary/aromatic N) is 2. The smallest absolute Gasteiger partial charge is 0.322 e. The van der Waals surface area contributed by atoms with Crippen molar-refractivity contribution in [2.24, 2.45) is 0 Å². The Bertz CT molecular complexity index is 555. The molecule has 1 aromatic rings. The lowest BCUT2D eigenvalue weighted by atomic mass is 10.2. The molecule has 3 rings (SSSR count). The molecule has 0 aromatic heterocycles. The molecule has 2 amide bonds. The first-order valence-corrected chi connectivity index (χ1v) is 8.62. The Kier molecular flexibility index (Phi) is 5.06. The topological polar surface area (TPSA) is 44.8 Å². The number of carbonyl (C=O) groups is 1. The van der Waals surface area contributed by atoms with E-state index in [1.807, 2.05) is 30.0 Å². The van der Waals surface area contributed by atoms with Crippen molar-refractivity contribution in [1.29, 1.82) is 0 Å². The maximum atomic E-state index is 12.6. The molecule has 0 radical (unpaired) electrons. The van der Waals surface area contributed by atoms with Crippen molar-refractivity contribution in [3.63, 3.8) is 0 Å². The number of likely N-dealkylation sites (tertiary alicyclic amines) is 2. The molecule has 0 unspecified atom stereocenters. The molecule has 1 N–H and O–H groups in total. The fourth-order valence-electron chi connectivity index (χ4n) is 3.71. The van der Waals surface area contributed by atoms with Crippen LogP contribution in [-0.2, 0) is 0 Å². The van der Waals surface area contributed by atoms with Gasteiger partial charge in [-0.2, -0.15) is 0 Å². The normalized spacial score (nSPS) is 21.7. The number of benzene rings is 1. The molecule has 0 saturated carbocycles. The number of amides is 2. The molecule has 2 saturated heterocycles. The SMILES string of the molecule is COc1ccc(NC(=O)N2CCC[C@H]2CN2CCCC2)cc1C. The van der Waals surface area contributed by atoms with Crippen LogP contribution in [0.1, 0.15) is 31.2 Å². The third-order valence-corrected chi connectivity index (χ3v) is 4.95. The summed E-state index contributed by atoms with van der Waals surface area (Å²) in [7, 11) is 1.66. The van der Waals surface area contributed by atoms with Crippen molar-refractivity contribution >= 4 is 11.7 Å². The molecule has 126 valence electrons. The molecule has 2 heterocycles. The molecule has 0 aliphatic carbocycles. The van der Waals surface area contributed by atoms with Crippen LogP contribution in [0, 0.1) is 6.92 Å². The van der Waals surface area contributed by atoms with Crippen LogP contribution in [0.4, 0.5) is 10.5 Å². The quantitative estimate of drug-likeness (QED) is 0.928. The van der Waals surface area contributed by atoms with Gasteiger partial charge in [-0.05, 0) is 69.5 Å². The standard InChI is InChI=1S/C18H27N3O2/c1-14-12-15(7-8-17(14)23-2)19-18(22)21-11-5-6-16(21)13-20-9-3-4-10-20/h7-8,12,16H,3-6,9-11,13H2,1-2H3,(H,19,22)/t16-/m0/s1. The Balaban J connectivity index is 1.61. The number of hydrogen-bond acceptors (Lipinski definition) is 3. The minimum absolute atomic E-state index is 0.0243. The minimum atomic E-state index is 0.0243. The van der Waals surface area contributed by atoms with Gasteiger partial charge in [-0.3, -0.25) is 0 Å². The van der Waals surface area contributed by atoms with E-state index in [0.29, 0.717) is 6.04 Å². The fraction of sp³-hybridized carbons (Fsp3) is 0.611. The van der Waals surface area contributed by atoms with E-state index in [-0.39, 0.29) is 6.03 Å². The molecule has 5 heteroatoms. The van der Waals surface area contributed by atoms with Crippen LogP contribution in [0.15, 0.2) is 18.2 Å². The molecule has 1 aromatic carbocycles. The van der Waals surface area contributed by atoms with E-state index >= 15 is 0 Å². The zero-order valence-electron chi connectivity index (χ0n) is 14.2. The summed E-state index contributed by atoms with van der Waals surface area (Å²) in [5, 5.41) is 3.04. The summed E-state index contributed by atoms with van der Waals surface area (Å²) in [6.45, 7) is 6.24. The minimum Gasteiger partial charge on any atom is -0.496 e. The van der Waals surface area contributed by atoms with Crippen molar-refractivity contribution in [2.75, 3.05) is 38.6 Å². The van der Waals surface area contributed by atoms with Crippen molar-refractivity contribution in [3.8, 4) is 5.75 Å². The first kappa shape index (κ1) is 16.1. The Morgan fingerprint density at radius 3 is 2.74 bits per heavy atom. The maximum Gasteiger partial charge on any atom is 0.322 e. The van der Waals surface area contributed by atoms with E-state index < -0.39 is 0 Å². The van der Waals surface area contributed by atoms with E-state index in [0.717, 1.165) is 42.9 Å². The van der Waals surface area contributed by atoms with Crippen LogP contribution in [0.2, 0.25) is 0 Å². The van der Waals surface area contributed by atoms with Crippen LogP contribution >= 0.6 is 0 Å². The number of anilines is 1. The Morgan fingerprint density at radius 1 is 1.26 bits per heavy atom. The Labute approximate surface area is 138 Å². The highest BCUT2D eigenvalue weighted by atomic mass is 16.5. The zero-order valence-corrected chi connectivity index (χ0v) is 14.2. The molecule has 0 bridgehead atoms. The first-order valence-electron chi connectivity index (χ1n) is 8.62. The molecular weight excluding hydrogens is 290 g/mol. The highest BCUT2D eigenvalue weighted by Crippen LogP contribution is 2.24. The molecule has 23 heavy (non-hydrogen) atoms. The van der Waals surface area contributed by atoms with Crippen LogP contribution in [-0.4, -0.2) is 55.2 Å². The second-order valence-corrected chi connectivity index (χ2v) is 6.61. The Hall–Kier alpha value is -1.75. The van der Waals surface area contributed by atoms with E-state index in [2.05, 4.69) is 10.2 Å². The molecular formula is C18H27N3O2. The highest BCUT2D eigenvalue weighted by molar-refractivity contribution is 5.90. The van der Waals surface area contributed by atoms with Crippen molar-refractivity contribution in [3.05, 3.63) is 23.8 Å². The summed E-state index contributed by atoms with van der Waals surface area (Å²) < 4.78 is 5.27. The van der Waals surface area contributed by atoms with Crippen LogP contribution in [0.25, 0.3) is 0 Å². The van der Waals surface area contributed by atoms with E-state index in [1.165, 1.54) is 25.9 Å². The number of nitrogens with one attached hydrogen (secondary N) is 1. The van der Waals surface area contributed by atoms with Gasteiger partial charge in [0.2, 0.25) is 0 Å². The number of aryl methyl sites for hydroxylation is 1. The predicted octanol–water partition coefficient (Wildman–Crippen LogP) is 3.10. The Morgan fingerprint density at radius 2 is 2.04 bits per heavy atom. The molecule has 2 aliphatic heterocycles. The van der Waals surface area contributed by atoms with Crippen molar-refractivity contribution in [1.82, 2.24) is 9.80 Å². The average Bonchev–Trinajstić information content (AvgIpc) is 3.19. The van der Waals surface area contributed by atoms with E-state index in [4.69, 9.17) is 4.74 Å². The summed E-state index contributed by atoms with van der Waals surface area (Å²) in [6, 6.07) is 6.14. The monoisotopic (exact) mass is 317 g/mol. The lowest BCUT2D eigenvalue weighted by Gasteiger charge is -2.28. The maximum absolute atomic E-state index is 12.6. The second-order valence-electron chi connectivity index (χ2n) is 6.61.